The molecule has 0 bridgehead atoms. The van der Waals surface area contributed by atoms with Crippen LogP contribution in [0.25, 0.3) is 11.3 Å². The fourth-order valence-electron chi connectivity index (χ4n) is 3.22. The topological polar surface area (TPSA) is 129 Å². The van der Waals surface area contributed by atoms with Gasteiger partial charge in [0.05, 0.1) is 25.7 Å². The molecule has 9 heteroatoms. The molecule has 0 saturated heterocycles. The van der Waals surface area contributed by atoms with E-state index in [1.54, 1.807) is 42.5 Å². The number of hydrogen-bond acceptors (Lipinski definition) is 7. The number of carboxylic acids is 1. The lowest BCUT2D eigenvalue weighted by Gasteiger charge is -2.09. The number of anilines is 1. The number of benzene rings is 1. The van der Waals surface area contributed by atoms with E-state index in [2.05, 4.69) is 15.1 Å². The van der Waals surface area contributed by atoms with Gasteiger partial charge in [0.1, 0.15) is 23.2 Å². The van der Waals surface area contributed by atoms with Gasteiger partial charge in [-0.2, -0.15) is 0 Å². The van der Waals surface area contributed by atoms with Crippen LogP contribution < -0.4 is 10.5 Å². The summed E-state index contributed by atoms with van der Waals surface area (Å²) in [5.41, 5.74) is 8.41. The van der Waals surface area contributed by atoms with Crippen molar-refractivity contribution in [1.29, 1.82) is 0 Å². The molecule has 158 valence electrons. The van der Waals surface area contributed by atoms with Gasteiger partial charge in [0.2, 0.25) is 0 Å². The monoisotopic (exact) mass is 419 g/mol. The number of imidazole rings is 1. The molecular formula is C22H21N5O4. The third kappa shape index (κ3) is 4.72. The van der Waals surface area contributed by atoms with Crippen LogP contribution in [0, 0.1) is 0 Å². The SMILES string of the molecule is COc1ccc(-c2cc(Cn3cnc(C(Cc4ccc(N)nc4)C(=O)O)c3)no2)cc1. The molecule has 4 aromatic rings. The molecule has 3 aromatic heterocycles. The Hall–Kier alpha value is -4.14. The highest BCUT2D eigenvalue weighted by atomic mass is 16.5. The molecule has 0 saturated carbocycles. The van der Waals surface area contributed by atoms with Crippen LogP contribution in [0.1, 0.15) is 22.9 Å². The average molecular weight is 419 g/mol. The molecule has 9 nitrogen and oxygen atoms in total. The Bertz CT molecular complexity index is 1170. The summed E-state index contributed by atoms with van der Waals surface area (Å²) in [5.74, 6) is 0.0418. The maximum absolute atomic E-state index is 11.8. The molecule has 4 rings (SSSR count). The average Bonchev–Trinajstić information content (AvgIpc) is 3.43. The summed E-state index contributed by atoms with van der Waals surface area (Å²) in [6.07, 6.45) is 5.16. The summed E-state index contributed by atoms with van der Waals surface area (Å²) in [4.78, 5) is 20.1. The minimum atomic E-state index is -0.953. The predicted molar refractivity (Wildman–Crippen MR) is 113 cm³/mol. The van der Waals surface area contributed by atoms with Crippen LogP contribution in [0.15, 0.2) is 65.7 Å². The van der Waals surface area contributed by atoms with Crippen LogP contribution in [0.4, 0.5) is 5.82 Å². The van der Waals surface area contributed by atoms with E-state index in [1.165, 1.54) is 0 Å². The van der Waals surface area contributed by atoms with Crippen LogP contribution >= 0.6 is 0 Å². The van der Waals surface area contributed by atoms with Gasteiger partial charge in [-0.05, 0) is 42.3 Å². The lowest BCUT2D eigenvalue weighted by Crippen LogP contribution is -2.15. The van der Waals surface area contributed by atoms with Crippen molar-refractivity contribution in [2.24, 2.45) is 0 Å². The largest absolute Gasteiger partial charge is 0.497 e. The zero-order valence-electron chi connectivity index (χ0n) is 16.8. The minimum Gasteiger partial charge on any atom is -0.497 e. The van der Waals surface area contributed by atoms with E-state index in [1.807, 2.05) is 30.3 Å². The van der Waals surface area contributed by atoms with Crippen LogP contribution in [0.2, 0.25) is 0 Å². The Morgan fingerprint density at radius 2 is 2.03 bits per heavy atom. The van der Waals surface area contributed by atoms with Crippen molar-refractivity contribution in [3.63, 3.8) is 0 Å². The molecular weight excluding hydrogens is 398 g/mol. The van der Waals surface area contributed by atoms with Gasteiger partial charge in [-0.1, -0.05) is 11.2 Å². The van der Waals surface area contributed by atoms with Crippen molar-refractivity contribution < 1.29 is 19.2 Å². The lowest BCUT2D eigenvalue weighted by atomic mass is 9.98. The number of pyridine rings is 1. The Morgan fingerprint density at radius 1 is 1.23 bits per heavy atom. The Kier molecular flexibility index (Phi) is 5.65. The molecule has 1 aromatic carbocycles. The molecule has 0 amide bonds. The number of aliphatic carboxylic acids is 1. The summed E-state index contributed by atoms with van der Waals surface area (Å²) in [6.45, 7) is 0.405. The summed E-state index contributed by atoms with van der Waals surface area (Å²) in [5, 5.41) is 13.8. The lowest BCUT2D eigenvalue weighted by molar-refractivity contribution is -0.138. The van der Waals surface area contributed by atoms with Gasteiger partial charge in [-0.25, -0.2) is 9.97 Å². The summed E-state index contributed by atoms with van der Waals surface area (Å²) in [7, 11) is 1.61. The fourth-order valence-corrected chi connectivity index (χ4v) is 3.22. The molecule has 0 spiro atoms. The third-order valence-corrected chi connectivity index (χ3v) is 4.87. The van der Waals surface area contributed by atoms with Gasteiger partial charge < -0.3 is 24.7 Å². The molecule has 0 radical (unpaired) electrons. The van der Waals surface area contributed by atoms with Crippen LogP contribution in [0.3, 0.4) is 0 Å². The summed E-state index contributed by atoms with van der Waals surface area (Å²) >= 11 is 0. The molecule has 0 aliphatic rings. The van der Waals surface area contributed by atoms with E-state index in [4.69, 9.17) is 15.0 Å². The summed E-state index contributed by atoms with van der Waals surface area (Å²) < 4.78 is 12.4. The van der Waals surface area contributed by atoms with Crippen molar-refractivity contribution >= 4 is 11.8 Å². The van der Waals surface area contributed by atoms with E-state index < -0.39 is 11.9 Å². The number of rotatable bonds is 8. The molecule has 3 heterocycles. The van der Waals surface area contributed by atoms with Crippen molar-refractivity contribution in [1.82, 2.24) is 19.7 Å². The van der Waals surface area contributed by atoms with E-state index in [0.29, 0.717) is 29.5 Å². The Morgan fingerprint density at radius 3 is 2.71 bits per heavy atom. The highest BCUT2D eigenvalue weighted by Gasteiger charge is 2.23. The smallest absolute Gasteiger partial charge is 0.312 e. The maximum atomic E-state index is 11.8. The van der Waals surface area contributed by atoms with Crippen molar-refractivity contribution in [2.75, 3.05) is 12.8 Å². The van der Waals surface area contributed by atoms with Crippen LogP contribution in [-0.2, 0) is 17.8 Å². The highest BCUT2D eigenvalue weighted by Crippen LogP contribution is 2.24. The first-order valence-corrected chi connectivity index (χ1v) is 9.56. The van der Waals surface area contributed by atoms with E-state index in [0.717, 1.165) is 16.9 Å². The number of aromatic nitrogens is 4. The number of carboxylic acid groups (broad SMARTS) is 1. The number of nitrogen functional groups attached to an aromatic ring is 1. The van der Waals surface area contributed by atoms with Crippen molar-refractivity contribution in [3.8, 4) is 17.1 Å². The van der Waals surface area contributed by atoms with Crippen molar-refractivity contribution in [2.45, 2.75) is 18.9 Å². The number of carbonyl (C=O) groups is 1. The molecule has 0 aliphatic carbocycles. The van der Waals surface area contributed by atoms with E-state index in [9.17, 15) is 9.90 Å². The third-order valence-electron chi connectivity index (χ3n) is 4.87. The van der Waals surface area contributed by atoms with Gasteiger partial charge in [0.15, 0.2) is 5.76 Å². The van der Waals surface area contributed by atoms with Crippen LogP contribution in [-0.4, -0.2) is 37.9 Å². The molecule has 0 fully saturated rings. The zero-order valence-corrected chi connectivity index (χ0v) is 16.8. The van der Waals surface area contributed by atoms with Crippen LogP contribution in [0.5, 0.6) is 5.75 Å². The first-order chi connectivity index (χ1) is 15.0. The second-order valence-corrected chi connectivity index (χ2v) is 7.07. The van der Waals surface area contributed by atoms with E-state index >= 15 is 0 Å². The molecule has 31 heavy (non-hydrogen) atoms. The fraction of sp³-hybridized carbons (Fsp3) is 0.182. The van der Waals surface area contributed by atoms with E-state index in [-0.39, 0.29) is 6.42 Å². The maximum Gasteiger partial charge on any atom is 0.312 e. The molecule has 1 atom stereocenters. The number of ether oxygens (including phenoxy) is 1. The Labute approximate surface area is 178 Å². The second kappa shape index (κ2) is 8.70. The first kappa shape index (κ1) is 20.1. The van der Waals surface area contributed by atoms with Gasteiger partial charge in [-0.15, -0.1) is 0 Å². The number of nitrogens with zero attached hydrogens (tertiary/aromatic N) is 4. The standard InChI is InChI=1S/C22H21N5O4/c1-30-17-5-3-15(4-6-17)20-9-16(26-31-20)11-27-12-19(25-13-27)18(22(28)29)8-14-2-7-21(23)24-10-14/h2-7,9-10,12-13,18H,8,11H2,1H3,(H2,23,24)(H,28,29). The van der Waals surface area contributed by atoms with Crippen molar-refractivity contribution in [3.05, 3.63) is 78.1 Å². The van der Waals surface area contributed by atoms with Gasteiger partial charge in [0.25, 0.3) is 0 Å². The van der Waals surface area contributed by atoms with Gasteiger partial charge in [-0.3, -0.25) is 4.79 Å². The van der Waals surface area contributed by atoms with Gasteiger partial charge >= 0.3 is 5.97 Å². The molecule has 3 N–H and O–H groups in total. The highest BCUT2D eigenvalue weighted by molar-refractivity contribution is 5.75. The second-order valence-electron chi connectivity index (χ2n) is 7.07. The summed E-state index contributed by atoms with van der Waals surface area (Å²) in [6, 6.07) is 12.7. The molecule has 0 aliphatic heterocycles. The predicted octanol–water partition coefficient (Wildman–Crippen LogP) is 2.98. The zero-order chi connectivity index (χ0) is 21.8. The number of hydrogen-bond donors (Lipinski definition) is 2. The minimum absolute atomic E-state index is 0.269. The quantitative estimate of drug-likeness (QED) is 0.446. The number of nitrogens with two attached hydrogens (primary N) is 1. The molecule has 1 unspecified atom stereocenters. The Balaban J connectivity index is 1.47. The van der Waals surface area contributed by atoms with Gasteiger partial charge in [0, 0.05) is 24.0 Å². The normalized spacial score (nSPS) is 11.9. The first-order valence-electron chi connectivity index (χ1n) is 9.56. The number of methoxy groups -OCH3 is 1.